The van der Waals surface area contributed by atoms with Crippen molar-refractivity contribution in [3.8, 4) is 0 Å². The molecule has 0 aliphatic carbocycles. The van der Waals surface area contributed by atoms with Gasteiger partial charge in [-0.15, -0.1) is 0 Å². The third-order valence-corrected chi connectivity index (χ3v) is 1.61. The van der Waals surface area contributed by atoms with E-state index in [9.17, 15) is 14.4 Å². The summed E-state index contributed by atoms with van der Waals surface area (Å²) in [6.45, 7) is 16.2. The molecule has 0 aliphatic rings. The van der Waals surface area contributed by atoms with Crippen LogP contribution in [0, 0.1) is 0 Å². The normalized spacial score (nSPS) is 7.38. The van der Waals surface area contributed by atoms with Crippen molar-refractivity contribution >= 4 is 17.9 Å². The molecule has 0 amide bonds. The molecule has 0 radical (unpaired) electrons. The second-order valence-corrected chi connectivity index (χ2v) is 4.33. The van der Waals surface area contributed by atoms with E-state index in [0.29, 0.717) is 6.61 Å². The summed E-state index contributed by atoms with van der Waals surface area (Å²) in [5.41, 5.74) is 0.528. The Labute approximate surface area is 158 Å². The molecule has 7 nitrogen and oxygen atoms in total. The zero-order chi connectivity index (χ0) is 19.6. The van der Waals surface area contributed by atoms with E-state index < -0.39 is 17.9 Å². The Hall–Kier alpha value is -1.70. The minimum absolute atomic E-state index is 0. The van der Waals surface area contributed by atoms with Crippen molar-refractivity contribution < 1.29 is 56.5 Å². The van der Waals surface area contributed by atoms with Gasteiger partial charge in [0.05, 0.1) is 0 Å². The van der Waals surface area contributed by atoms with Gasteiger partial charge in [-0.1, -0.05) is 33.1 Å². The van der Waals surface area contributed by atoms with Crippen molar-refractivity contribution in [3.63, 3.8) is 0 Å². The molecule has 0 unspecified atom stereocenters. The number of aliphatic hydroxyl groups excluding tert-OH is 1. The average molecular weight is 380 g/mol. The molecule has 0 atom stereocenters. The van der Waals surface area contributed by atoms with Crippen LogP contribution in [-0.2, 0) is 36.1 Å². The van der Waals surface area contributed by atoms with Crippen LogP contribution in [-0.4, -0.2) is 44.9 Å². The van der Waals surface area contributed by atoms with E-state index in [2.05, 4.69) is 26.7 Å². The summed E-state index contributed by atoms with van der Waals surface area (Å²) in [5, 5.41) is 31.7. The molecule has 8 heteroatoms. The SMILES string of the molecule is C=C(C)C(=O)O.C=C(C)C(=O)O.C=C(C)C(=O)O.CCCCO.[Ti]. The number of hydrogen-bond donors (Lipinski definition) is 4. The second kappa shape index (κ2) is 23.6. The molecule has 0 saturated carbocycles. The van der Waals surface area contributed by atoms with Gasteiger partial charge in [-0.25, -0.2) is 14.4 Å². The molecule has 0 aliphatic heterocycles. The Balaban J connectivity index is -0.0000000661. The predicted octanol–water partition coefficient (Wildman–Crippen LogP) is 2.72. The van der Waals surface area contributed by atoms with E-state index in [1.165, 1.54) is 20.8 Å². The molecule has 0 fully saturated rings. The monoisotopic (exact) mass is 380 g/mol. The standard InChI is InChI=1S/3C4H6O2.C4H10O.Ti/c3*1-3(2)4(5)6;1-2-3-4-5;/h3*1H2,2H3,(H,5,6);5H,2-4H2,1H3;. The first-order valence-electron chi connectivity index (χ1n) is 6.62. The maximum atomic E-state index is 9.60. The summed E-state index contributed by atoms with van der Waals surface area (Å²) in [7, 11) is 0. The fourth-order valence-corrected chi connectivity index (χ4v) is 0.158. The van der Waals surface area contributed by atoms with Crippen LogP contribution in [0.4, 0.5) is 0 Å². The van der Waals surface area contributed by atoms with Gasteiger partial charge in [0.25, 0.3) is 0 Å². The predicted molar refractivity (Wildman–Crippen MR) is 89.3 cm³/mol. The largest absolute Gasteiger partial charge is 0.478 e. The Kier molecular flexibility index (Phi) is 33.2. The van der Waals surface area contributed by atoms with E-state index >= 15 is 0 Å². The molecule has 0 aromatic heterocycles. The molecule has 0 bridgehead atoms. The van der Waals surface area contributed by atoms with E-state index in [-0.39, 0.29) is 38.4 Å². The Morgan fingerprint density at radius 2 is 0.917 bits per heavy atom. The number of rotatable bonds is 5. The molecular weight excluding hydrogens is 352 g/mol. The third-order valence-electron chi connectivity index (χ3n) is 1.61. The minimum atomic E-state index is -0.935. The first-order valence-corrected chi connectivity index (χ1v) is 6.62. The van der Waals surface area contributed by atoms with Gasteiger partial charge in [-0.3, -0.25) is 0 Å². The summed E-state index contributed by atoms with van der Waals surface area (Å²) in [6.07, 6.45) is 2.04. The van der Waals surface area contributed by atoms with E-state index in [4.69, 9.17) is 20.4 Å². The summed E-state index contributed by atoms with van der Waals surface area (Å²) in [6, 6.07) is 0. The zero-order valence-corrected chi connectivity index (χ0v) is 16.3. The Bertz CT molecular complexity index is 320. The van der Waals surface area contributed by atoms with Crippen LogP contribution in [0.3, 0.4) is 0 Å². The molecular formula is C16H28O7Ti. The Morgan fingerprint density at radius 1 is 0.750 bits per heavy atom. The van der Waals surface area contributed by atoms with Crippen LogP contribution in [0.25, 0.3) is 0 Å². The van der Waals surface area contributed by atoms with Crippen molar-refractivity contribution in [3.05, 3.63) is 36.5 Å². The summed E-state index contributed by atoms with van der Waals surface area (Å²) in [4.78, 5) is 28.8. The van der Waals surface area contributed by atoms with Crippen LogP contribution in [0.1, 0.15) is 40.5 Å². The maximum absolute atomic E-state index is 9.60. The maximum Gasteiger partial charge on any atom is 0.330 e. The van der Waals surface area contributed by atoms with Crippen LogP contribution in [0.5, 0.6) is 0 Å². The second-order valence-electron chi connectivity index (χ2n) is 4.33. The number of carboxylic acid groups (broad SMARTS) is 3. The number of carboxylic acids is 3. The van der Waals surface area contributed by atoms with Gasteiger partial charge >= 0.3 is 17.9 Å². The number of unbranched alkanes of at least 4 members (excludes halogenated alkanes) is 1. The van der Waals surface area contributed by atoms with Crippen molar-refractivity contribution in [2.75, 3.05) is 6.61 Å². The Morgan fingerprint density at radius 3 is 0.917 bits per heavy atom. The third kappa shape index (κ3) is 50.0. The smallest absolute Gasteiger partial charge is 0.330 e. The van der Waals surface area contributed by atoms with Gasteiger partial charge in [0.15, 0.2) is 0 Å². The van der Waals surface area contributed by atoms with Crippen molar-refractivity contribution in [1.82, 2.24) is 0 Å². The summed E-state index contributed by atoms with van der Waals surface area (Å²) in [5.74, 6) is -2.81. The molecule has 24 heavy (non-hydrogen) atoms. The van der Waals surface area contributed by atoms with Crippen LogP contribution in [0.2, 0.25) is 0 Å². The van der Waals surface area contributed by atoms with Gasteiger partial charge in [0.1, 0.15) is 0 Å². The quantitative estimate of drug-likeness (QED) is 0.426. The average Bonchev–Trinajstić information content (AvgIpc) is 2.41. The molecule has 0 spiro atoms. The van der Waals surface area contributed by atoms with Crippen molar-refractivity contribution in [1.29, 1.82) is 0 Å². The molecule has 4 N–H and O–H groups in total. The molecule has 138 valence electrons. The van der Waals surface area contributed by atoms with Crippen molar-refractivity contribution in [2.45, 2.75) is 40.5 Å². The van der Waals surface area contributed by atoms with Gasteiger partial charge in [-0.05, 0) is 27.2 Å². The van der Waals surface area contributed by atoms with Crippen LogP contribution in [0.15, 0.2) is 36.5 Å². The summed E-state index contributed by atoms with van der Waals surface area (Å²) >= 11 is 0. The molecule has 0 aromatic rings. The van der Waals surface area contributed by atoms with Gasteiger partial charge in [0, 0.05) is 45.0 Å². The number of aliphatic carboxylic acids is 3. The van der Waals surface area contributed by atoms with Gasteiger partial charge in [-0.2, -0.15) is 0 Å². The number of carbonyl (C=O) groups is 3. The topological polar surface area (TPSA) is 132 Å². The van der Waals surface area contributed by atoms with Gasteiger partial charge in [0.2, 0.25) is 0 Å². The van der Waals surface area contributed by atoms with Crippen LogP contribution < -0.4 is 0 Å². The fraction of sp³-hybridized carbons (Fsp3) is 0.438. The van der Waals surface area contributed by atoms with E-state index in [1.54, 1.807) is 0 Å². The van der Waals surface area contributed by atoms with E-state index in [1.807, 2.05) is 0 Å². The minimum Gasteiger partial charge on any atom is -0.478 e. The van der Waals surface area contributed by atoms with Crippen molar-refractivity contribution in [2.24, 2.45) is 0 Å². The molecule has 0 rings (SSSR count). The first kappa shape index (κ1) is 33.8. The molecule has 0 saturated heterocycles. The van der Waals surface area contributed by atoms with Crippen LogP contribution >= 0.6 is 0 Å². The molecule has 0 aromatic carbocycles. The number of hydrogen-bond acceptors (Lipinski definition) is 4. The summed E-state index contributed by atoms with van der Waals surface area (Å²) < 4.78 is 0. The first-order chi connectivity index (χ1) is 10.3. The molecule has 0 heterocycles. The zero-order valence-electron chi connectivity index (χ0n) is 14.8. The van der Waals surface area contributed by atoms with Gasteiger partial charge < -0.3 is 20.4 Å². The fourth-order valence-electron chi connectivity index (χ4n) is 0.158. The number of aliphatic hydroxyl groups is 1. The van der Waals surface area contributed by atoms with E-state index in [0.717, 1.165) is 12.8 Å².